The van der Waals surface area contributed by atoms with Gasteiger partial charge in [0.15, 0.2) is 0 Å². The van der Waals surface area contributed by atoms with E-state index in [9.17, 15) is 9.90 Å². The van der Waals surface area contributed by atoms with E-state index in [4.69, 9.17) is 0 Å². The molecular formula is C16H30N2O2. The number of hydrogen-bond acceptors (Lipinski definition) is 3. The zero-order valence-corrected chi connectivity index (χ0v) is 12.6. The molecule has 0 aliphatic heterocycles. The van der Waals surface area contributed by atoms with Gasteiger partial charge < -0.3 is 15.7 Å². The second-order valence-electron chi connectivity index (χ2n) is 6.45. The minimum Gasteiger partial charge on any atom is -0.392 e. The number of carbonyl (C=O) groups is 1. The van der Waals surface area contributed by atoms with Crippen molar-refractivity contribution in [1.29, 1.82) is 0 Å². The van der Waals surface area contributed by atoms with E-state index in [1.165, 1.54) is 32.1 Å². The number of nitrogens with one attached hydrogen (secondary N) is 2. The van der Waals surface area contributed by atoms with Crippen LogP contribution in [0.4, 0.5) is 0 Å². The lowest BCUT2D eigenvalue weighted by Crippen LogP contribution is -2.46. The van der Waals surface area contributed by atoms with Crippen LogP contribution in [0.5, 0.6) is 0 Å². The largest absolute Gasteiger partial charge is 0.392 e. The summed E-state index contributed by atoms with van der Waals surface area (Å²) >= 11 is 0. The zero-order valence-electron chi connectivity index (χ0n) is 12.6. The Bertz CT molecular complexity index is 288. The van der Waals surface area contributed by atoms with Gasteiger partial charge in [-0.1, -0.05) is 44.9 Å². The molecule has 2 rings (SSSR count). The molecule has 0 spiro atoms. The highest BCUT2D eigenvalue weighted by Gasteiger charge is 2.22. The van der Waals surface area contributed by atoms with E-state index in [-0.39, 0.29) is 18.1 Å². The molecule has 2 aliphatic rings. The maximum absolute atomic E-state index is 12.0. The van der Waals surface area contributed by atoms with Crippen molar-refractivity contribution >= 4 is 5.91 Å². The van der Waals surface area contributed by atoms with Gasteiger partial charge in [-0.25, -0.2) is 0 Å². The molecule has 4 heteroatoms. The molecule has 3 N–H and O–H groups in total. The van der Waals surface area contributed by atoms with Crippen LogP contribution in [0.3, 0.4) is 0 Å². The molecule has 20 heavy (non-hydrogen) atoms. The molecule has 1 amide bonds. The number of carbonyl (C=O) groups excluding carboxylic acids is 1. The van der Waals surface area contributed by atoms with Crippen molar-refractivity contribution in [2.24, 2.45) is 0 Å². The Hall–Kier alpha value is -0.610. The SMILES string of the molecule is O=C(CNC1CCCCCC1O)NC1CCCCCC1. The van der Waals surface area contributed by atoms with Gasteiger partial charge in [-0.05, 0) is 25.7 Å². The van der Waals surface area contributed by atoms with Crippen molar-refractivity contribution in [2.75, 3.05) is 6.54 Å². The summed E-state index contributed by atoms with van der Waals surface area (Å²) in [5.41, 5.74) is 0. The van der Waals surface area contributed by atoms with Crippen molar-refractivity contribution < 1.29 is 9.90 Å². The molecule has 0 aromatic carbocycles. The van der Waals surface area contributed by atoms with Crippen molar-refractivity contribution in [3.05, 3.63) is 0 Å². The third kappa shape index (κ3) is 5.41. The van der Waals surface area contributed by atoms with Crippen molar-refractivity contribution in [1.82, 2.24) is 10.6 Å². The first-order chi connectivity index (χ1) is 9.75. The standard InChI is InChI=1S/C16H30N2O2/c19-15-11-7-3-6-10-14(15)17-12-16(20)18-13-8-4-1-2-5-9-13/h13-15,17,19H,1-12H2,(H,18,20). The predicted molar refractivity (Wildman–Crippen MR) is 80.5 cm³/mol. The molecule has 2 fully saturated rings. The molecular weight excluding hydrogens is 252 g/mol. The fraction of sp³-hybridized carbons (Fsp3) is 0.938. The Morgan fingerprint density at radius 2 is 1.50 bits per heavy atom. The van der Waals surface area contributed by atoms with Gasteiger partial charge in [-0.15, -0.1) is 0 Å². The molecule has 2 saturated carbocycles. The first-order valence-corrected chi connectivity index (χ1v) is 8.46. The van der Waals surface area contributed by atoms with Gasteiger partial charge >= 0.3 is 0 Å². The summed E-state index contributed by atoms with van der Waals surface area (Å²) in [7, 11) is 0. The average molecular weight is 282 g/mol. The summed E-state index contributed by atoms with van der Waals surface area (Å²) in [6, 6.07) is 0.461. The third-order valence-electron chi connectivity index (χ3n) is 4.72. The number of hydrogen-bond donors (Lipinski definition) is 3. The monoisotopic (exact) mass is 282 g/mol. The van der Waals surface area contributed by atoms with Crippen molar-refractivity contribution in [2.45, 2.75) is 88.8 Å². The Labute approximate surface area is 122 Å². The highest BCUT2D eigenvalue weighted by molar-refractivity contribution is 5.78. The Balaban J connectivity index is 1.68. The van der Waals surface area contributed by atoms with Crippen LogP contribution in [0, 0.1) is 0 Å². The van der Waals surface area contributed by atoms with Gasteiger partial charge in [0.1, 0.15) is 0 Å². The van der Waals surface area contributed by atoms with Crippen molar-refractivity contribution in [3.63, 3.8) is 0 Å². The van der Waals surface area contributed by atoms with E-state index < -0.39 is 0 Å². The summed E-state index contributed by atoms with van der Waals surface area (Å²) in [6.45, 7) is 0.345. The van der Waals surface area contributed by atoms with Crippen LogP contribution >= 0.6 is 0 Å². The summed E-state index contributed by atoms with van der Waals surface area (Å²) in [4.78, 5) is 12.0. The fourth-order valence-corrected chi connectivity index (χ4v) is 3.45. The highest BCUT2D eigenvalue weighted by atomic mass is 16.3. The van der Waals surface area contributed by atoms with Crippen LogP contribution in [-0.2, 0) is 4.79 Å². The zero-order chi connectivity index (χ0) is 14.2. The normalized spacial score (nSPS) is 29.4. The smallest absolute Gasteiger partial charge is 0.234 e. The summed E-state index contributed by atoms with van der Waals surface area (Å²) in [5, 5.41) is 16.4. The molecule has 2 aliphatic carbocycles. The van der Waals surface area contributed by atoms with Crippen LogP contribution < -0.4 is 10.6 Å². The maximum atomic E-state index is 12.0. The van der Waals surface area contributed by atoms with Gasteiger partial charge in [0.05, 0.1) is 12.6 Å². The van der Waals surface area contributed by atoms with Crippen LogP contribution in [-0.4, -0.2) is 35.7 Å². The molecule has 2 unspecified atom stereocenters. The lowest BCUT2D eigenvalue weighted by atomic mass is 10.1. The van der Waals surface area contributed by atoms with E-state index in [1.54, 1.807) is 0 Å². The Kier molecular flexibility index (Phi) is 6.80. The molecule has 0 radical (unpaired) electrons. The molecule has 0 aromatic heterocycles. The molecule has 0 heterocycles. The van der Waals surface area contributed by atoms with Crippen LogP contribution in [0.25, 0.3) is 0 Å². The van der Waals surface area contributed by atoms with Crippen LogP contribution in [0.15, 0.2) is 0 Å². The van der Waals surface area contributed by atoms with E-state index in [2.05, 4.69) is 10.6 Å². The fourth-order valence-electron chi connectivity index (χ4n) is 3.45. The van der Waals surface area contributed by atoms with E-state index in [0.717, 1.165) is 38.5 Å². The molecule has 0 aromatic rings. The minimum atomic E-state index is -0.289. The number of aliphatic hydroxyl groups is 1. The molecule has 0 bridgehead atoms. The number of amides is 1. The van der Waals surface area contributed by atoms with E-state index in [0.29, 0.717) is 12.6 Å². The second kappa shape index (κ2) is 8.63. The van der Waals surface area contributed by atoms with Gasteiger partial charge in [0, 0.05) is 12.1 Å². The number of aliphatic hydroxyl groups excluding tert-OH is 1. The molecule has 2 atom stereocenters. The minimum absolute atomic E-state index is 0.0911. The van der Waals surface area contributed by atoms with Gasteiger partial charge in [-0.2, -0.15) is 0 Å². The van der Waals surface area contributed by atoms with Gasteiger partial charge in [0.25, 0.3) is 0 Å². The van der Waals surface area contributed by atoms with E-state index in [1.807, 2.05) is 0 Å². The van der Waals surface area contributed by atoms with Gasteiger partial charge in [0.2, 0.25) is 5.91 Å². The summed E-state index contributed by atoms with van der Waals surface area (Å²) in [5.74, 6) is 0.0911. The Morgan fingerprint density at radius 1 is 0.900 bits per heavy atom. The lowest BCUT2D eigenvalue weighted by molar-refractivity contribution is -0.121. The van der Waals surface area contributed by atoms with Crippen LogP contribution in [0.2, 0.25) is 0 Å². The quantitative estimate of drug-likeness (QED) is 0.692. The van der Waals surface area contributed by atoms with E-state index >= 15 is 0 Å². The topological polar surface area (TPSA) is 61.4 Å². The molecule has 0 saturated heterocycles. The third-order valence-corrected chi connectivity index (χ3v) is 4.72. The highest BCUT2D eigenvalue weighted by Crippen LogP contribution is 2.18. The van der Waals surface area contributed by atoms with Crippen LogP contribution in [0.1, 0.15) is 70.6 Å². The number of rotatable bonds is 4. The lowest BCUT2D eigenvalue weighted by Gasteiger charge is -2.22. The first-order valence-electron chi connectivity index (χ1n) is 8.46. The first kappa shape index (κ1) is 15.8. The summed E-state index contributed by atoms with van der Waals surface area (Å²) < 4.78 is 0. The molecule has 4 nitrogen and oxygen atoms in total. The summed E-state index contributed by atoms with van der Waals surface area (Å²) in [6.07, 6.45) is 12.3. The predicted octanol–water partition coefficient (Wildman–Crippen LogP) is 2.11. The maximum Gasteiger partial charge on any atom is 0.234 e. The van der Waals surface area contributed by atoms with Gasteiger partial charge in [-0.3, -0.25) is 4.79 Å². The average Bonchev–Trinajstić information content (AvgIpc) is 2.80. The second-order valence-corrected chi connectivity index (χ2v) is 6.45. The van der Waals surface area contributed by atoms with Crippen molar-refractivity contribution in [3.8, 4) is 0 Å². The Morgan fingerprint density at radius 3 is 2.25 bits per heavy atom. The molecule has 116 valence electrons.